The highest BCUT2D eigenvalue weighted by Gasteiger charge is 2.10. The number of nitrogens with one attached hydrogen (secondary N) is 1. The Morgan fingerprint density at radius 3 is 2.71 bits per heavy atom. The summed E-state index contributed by atoms with van der Waals surface area (Å²) in [5.74, 6) is -0.327. The number of halogens is 1. The van der Waals surface area contributed by atoms with Gasteiger partial charge in [-0.3, -0.25) is 14.2 Å². The highest BCUT2D eigenvalue weighted by Crippen LogP contribution is 2.22. The van der Waals surface area contributed by atoms with Gasteiger partial charge in [0, 0.05) is 22.5 Å². The lowest BCUT2D eigenvalue weighted by molar-refractivity contribution is -0.116. The number of carbonyl (C=O) groups is 1. The van der Waals surface area contributed by atoms with E-state index in [9.17, 15) is 9.59 Å². The predicted molar refractivity (Wildman–Crippen MR) is 111 cm³/mol. The van der Waals surface area contributed by atoms with Gasteiger partial charge < -0.3 is 5.32 Å². The molecule has 8 heteroatoms. The molecule has 0 aliphatic heterocycles. The lowest BCUT2D eigenvalue weighted by Crippen LogP contribution is -2.27. The second-order valence-corrected chi connectivity index (χ2v) is 7.73. The zero-order valence-electron chi connectivity index (χ0n) is 14.6. The molecule has 2 aromatic carbocycles. The van der Waals surface area contributed by atoms with Crippen molar-refractivity contribution in [2.45, 2.75) is 13.0 Å². The molecule has 0 unspecified atom stereocenters. The van der Waals surface area contributed by atoms with Gasteiger partial charge in [0.25, 0.3) is 5.56 Å². The summed E-state index contributed by atoms with van der Waals surface area (Å²) in [7, 11) is 0. The lowest BCUT2D eigenvalue weighted by Gasteiger charge is -2.06. The van der Waals surface area contributed by atoms with Crippen LogP contribution in [0.1, 0.15) is 10.4 Å². The summed E-state index contributed by atoms with van der Waals surface area (Å²) in [4.78, 5) is 34.3. The van der Waals surface area contributed by atoms with Gasteiger partial charge in [-0.2, -0.15) is 0 Å². The van der Waals surface area contributed by atoms with Crippen LogP contribution in [0.2, 0.25) is 5.02 Å². The van der Waals surface area contributed by atoms with Gasteiger partial charge in [0.05, 0.1) is 17.2 Å². The zero-order valence-corrected chi connectivity index (χ0v) is 16.2. The van der Waals surface area contributed by atoms with Crippen molar-refractivity contribution in [2.24, 2.45) is 0 Å². The molecule has 2 aromatic heterocycles. The minimum absolute atomic E-state index is 0.122. The van der Waals surface area contributed by atoms with Gasteiger partial charge in [0.15, 0.2) is 5.13 Å². The van der Waals surface area contributed by atoms with E-state index in [-0.39, 0.29) is 18.0 Å². The van der Waals surface area contributed by atoms with Crippen molar-refractivity contribution in [3.8, 4) is 0 Å². The number of thiazole rings is 1. The predicted octanol–water partition coefficient (Wildman–Crippen LogP) is 3.74. The van der Waals surface area contributed by atoms with Crippen LogP contribution in [-0.2, 0) is 17.8 Å². The third-order valence-electron chi connectivity index (χ3n) is 4.14. The van der Waals surface area contributed by atoms with Crippen LogP contribution in [0.5, 0.6) is 0 Å². The fraction of sp³-hybridized carbons (Fsp3) is 0.100. The van der Waals surface area contributed by atoms with E-state index >= 15 is 0 Å². The molecule has 0 radical (unpaired) electrons. The van der Waals surface area contributed by atoms with Gasteiger partial charge >= 0.3 is 0 Å². The van der Waals surface area contributed by atoms with Gasteiger partial charge in [-0.1, -0.05) is 35.9 Å². The van der Waals surface area contributed by atoms with Gasteiger partial charge in [-0.15, -0.1) is 11.3 Å². The van der Waals surface area contributed by atoms with Crippen LogP contribution < -0.4 is 10.9 Å². The van der Waals surface area contributed by atoms with Crippen LogP contribution in [0.15, 0.2) is 65.8 Å². The van der Waals surface area contributed by atoms with Crippen LogP contribution in [0, 0.1) is 0 Å². The van der Waals surface area contributed by atoms with E-state index in [1.54, 1.807) is 24.4 Å². The third kappa shape index (κ3) is 4.11. The fourth-order valence-electron chi connectivity index (χ4n) is 2.78. The third-order valence-corrected chi connectivity index (χ3v) is 5.30. The molecule has 6 nitrogen and oxygen atoms in total. The standard InChI is InChI=1S/C20H15ClN4O2S/c21-14-7-5-13(6-8-14)9-15-10-22-20(28-15)24-18(26)11-25-12-23-17-4-2-1-3-16(17)19(25)27/h1-8,10,12H,9,11H2,(H,22,24,26). The SMILES string of the molecule is O=C(Cn1cnc2ccccc2c1=O)Nc1ncc(Cc2ccc(Cl)cc2)s1. The number of amides is 1. The Balaban J connectivity index is 1.43. The number of carbonyl (C=O) groups excluding carboxylic acids is 1. The smallest absolute Gasteiger partial charge is 0.261 e. The van der Waals surface area contributed by atoms with E-state index in [0.717, 1.165) is 10.4 Å². The fourth-order valence-corrected chi connectivity index (χ4v) is 3.77. The van der Waals surface area contributed by atoms with Crippen molar-refractivity contribution in [1.82, 2.24) is 14.5 Å². The largest absolute Gasteiger partial charge is 0.300 e. The summed E-state index contributed by atoms with van der Waals surface area (Å²) in [5.41, 5.74) is 1.47. The maximum absolute atomic E-state index is 12.5. The second kappa shape index (κ2) is 7.92. The van der Waals surface area contributed by atoms with Crippen molar-refractivity contribution < 1.29 is 4.79 Å². The topological polar surface area (TPSA) is 76.9 Å². The molecule has 4 aromatic rings. The number of aromatic nitrogens is 3. The molecule has 1 N–H and O–H groups in total. The Bertz CT molecular complexity index is 1200. The Morgan fingerprint density at radius 1 is 1.11 bits per heavy atom. The van der Waals surface area contributed by atoms with Crippen LogP contribution in [0.4, 0.5) is 5.13 Å². The molecule has 0 bridgehead atoms. The lowest BCUT2D eigenvalue weighted by atomic mass is 10.1. The van der Waals surface area contributed by atoms with E-state index < -0.39 is 0 Å². The molecule has 0 fully saturated rings. The molecule has 1 amide bonds. The highest BCUT2D eigenvalue weighted by atomic mass is 35.5. The summed E-state index contributed by atoms with van der Waals surface area (Å²) in [6.07, 6.45) is 3.83. The second-order valence-electron chi connectivity index (χ2n) is 6.18. The maximum Gasteiger partial charge on any atom is 0.261 e. The number of anilines is 1. The first-order valence-electron chi connectivity index (χ1n) is 8.52. The Morgan fingerprint density at radius 2 is 1.89 bits per heavy atom. The number of hydrogen-bond acceptors (Lipinski definition) is 5. The van der Waals surface area contributed by atoms with Crippen molar-refractivity contribution in [1.29, 1.82) is 0 Å². The number of benzene rings is 2. The van der Waals surface area contributed by atoms with Gasteiger partial charge in [-0.05, 0) is 29.8 Å². The van der Waals surface area contributed by atoms with Crippen LogP contribution in [-0.4, -0.2) is 20.4 Å². The number of rotatable bonds is 5. The van der Waals surface area contributed by atoms with E-state index in [1.165, 1.54) is 22.2 Å². The van der Waals surface area contributed by atoms with Gasteiger partial charge in [-0.25, -0.2) is 9.97 Å². The molecule has 0 saturated heterocycles. The molecule has 0 spiro atoms. The summed E-state index contributed by atoms with van der Waals surface area (Å²) in [6, 6.07) is 14.6. The molecule has 0 aliphatic carbocycles. The minimum atomic E-state index is -0.327. The molecular weight excluding hydrogens is 396 g/mol. The Labute approximate surface area is 169 Å². The summed E-state index contributed by atoms with van der Waals surface area (Å²) >= 11 is 7.30. The van der Waals surface area contributed by atoms with Crippen LogP contribution >= 0.6 is 22.9 Å². The number of fused-ring (bicyclic) bond motifs is 1. The first kappa shape index (κ1) is 18.3. The monoisotopic (exact) mass is 410 g/mol. The molecule has 28 heavy (non-hydrogen) atoms. The summed E-state index contributed by atoms with van der Waals surface area (Å²) in [5, 5.41) is 4.41. The molecule has 0 aliphatic rings. The molecular formula is C20H15ClN4O2S. The van der Waals surface area contributed by atoms with E-state index in [2.05, 4.69) is 15.3 Å². The van der Waals surface area contributed by atoms with E-state index in [0.29, 0.717) is 27.5 Å². The molecule has 2 heterocycles. The van der Waals surface area contributed by atoms with Crippen molar-refractivity contribution in [3.05, 3.63) is 86.9 Å². The Hall–Kier alpha value is -3.03. The number of para-hydroxylation sites is 1. The quantitative estimate of drug-likeness (QED) is 0.543. The Kier molecular flexibility index (Phi) is 5.18. The highest BCUT2D eigenvalue weighted by molar-refractivity contribution is 7.15. The van der Waals surface area contributed by atoms with Crippen LogP contribution in [0.25, 0.3) is 10.9 Å². The van der Waals surface area contributed by atoms with E-state index in [1.807, 2.05) is 30.3 Å². The van der Waals surface area contributed by atoms with Gasteiger partial charge in [0.2, 0.25) is 5.91 Å². The van der Waals surface area contributed by atoms with Gasteiger partial charge in [0.1, 0.15) is 6.54 Å². The summed E-state index contributed by atoms with van der Waals surface area (Å²) < 4.78 is 1.29. The number of hydrogen-bond donors (Lipinski definition) is 1. The maximum atomic E-state index is 12.5. The molecule has 0 saturated carbocycles. The average Bonchev–Trinajstić information content (AvgIpc) is 3.13. The molecule has 140 valence electrons. The minimum Gasteiger partial charge on any atom is -0.300 e. The van der Waals surface area contributed by atoms with Crippen molar-refractivity contribution in [3.63, 3.8) is 0 Å². The summed E-state index contributed by atoms with van der Waals surface area (Å²) in [6.45, 7) is -0.122. The number of nitrogens with zero attached hydrogens (tertiary/aromatic N) is 3. The van der Waals surface area contributed by atoms with Crippen LogP contribution in [0.3, 0.4) is 0 Å². The zero-order chi connectivity index (χ0) is 19.5. The molecule has 0 atom stereocenters. The normalized spacial score (nSPS) is 10.9. The average molecular weight is 411 g/mol. The van der Waals surface area contributed by atoms with Crippen molar-refractivity contribution >= 4 is 44.9 Å². The van der Waals surface area contributed by atoms with E-state index in [4.69, 9.17) is 11.6 Å². The first-order chi connectivity index (χ1) is 13.6. The van der Waals surface area contributed by atoms with Crippen molar-refractivity contribution in [2.75, 3.05) is 5.32 Å². The molecule has 4 rings (SSSR count). The first-order valence-corrected chi connectivity index (χ1v) is 9.71.